The van der Waals surface area contributed by atoms with E-state index in [9.17, 15) is 4.79 Å². The zero-order valence-corrected chi connectivity index (χ0v) is 13.2. The van der Waals surface area contributed by atoms with Gasteiger partial charge in [0.15, 0.2) is 0 Å². The fourth-order valence-electron chi connectivity index (χ4n) is 3.26. The van der Waals surface area contributed by atoms with Crippen molar-refractivity contribution >= 4 is 11.7 Å². The van der Waals surface area contributed by atoms with Crippen molar-refractivity contribution < 1.29 is 9.53 Å². The van der Waals surface area contributed by atoms with Crippen molar-refractivity contribution in [1.82, 2.24) is 10.2 Å². The Morgan fingerprint density at radius 2 is 1.91 bits per heavy atom. The minimum Gasteiger partial charge on any atom is -0.384 e. The molecule has 0 aliphatic carbocycles. The molecule has 2 fully saturated rings. The lowest BCUT2D eigenvalue weighted by Gasteiger charge is -2.40. The van der Waals surface area contributed by atoms with Crippen LogP contribution < -0.4 is 10.2 Å². The Balaban J connectivity index is 1.40. The number of benzene rings is 1. The number of methoxy groups -OCH3 is 1. The highest BCUT2D eigenvalue weighted by molar-refractivity contribution is 5.75. The molecule has 0 aromatic heterocycles. The lowest BCUT2D eigenvalue weighted by molar-refractivity contribution is 0.0543. The molecule has 5 heteroatoms. The van der Waals surface area contributed by atoms with Gasteiger partial charge in [-0.1, -0.05) is 18.2 Å². The monoisotopic (exact) mass is 303 g/mol. The van der Waals surface area contributed by atoms with Crippen LogP contribution in [0.15, 0.2) is 30.3 Å². The molecule has 2 aliphatic rings. The number of ether oxygens (including phenoxy) is 1. The van der Waals surface area contributed by atoms with E-state index in [0.29, 0.717) is 12.0 Å². The van der Waals surface area contributed by atoms with E-state index in [-0.39, 0.29) is 6.03 Å². The van der Waals surface area contributed by atoms with Crippen molar-refractivity contribution in [2.24, 2.45) is 5.92 Å². The molecule has 120 valence electrons. The van der Waals surface area contributed by atoms with Gasteiger partial charge in [-0.05, 0) is 25.0 Å². The summed E-state index contributed by atoms with van der Waals surface area (Å²) in [5, 5.41) is 3.17. The number of likely N-dealkylation sites (tertiary alicyclic amines) is 1. The summed E-state index contributed by atoms with van der Waals surface area (Å²) in [7, 11) is 1.71. The quantitative estimate of drug-likeness (QED) is 0.924. The van der Waals surface area contributed by atoms with Crippen molar-refractivity contribution in [3.63, 3.8) is 0 Å². The zero-order chi connectivity index (χ0) is 15.4. The molecule has 2 amide bonds. The van der Waals surface area contributed by atoms with Gasteiger partial charge in [0, 0.05) is 50.9 Å². The second-order valence-electron chi connectivity index (χ2n) is 6.27. The summed E-state index contributed by atoms with van der Waals surface area (Å²) in [5.41, 5.74) is 1.28. The van der Waals surface area contributed by atoms with Crippen LogP contribution in [0.5, 0.6) is 0 Å². The van der Waals surface area contributed by atoms with Gasteiger partial charge in [-0.3, -0.25) is 0 Å². The van der Waals surface area contributed by atoms with E-state index in [0.717, 1.165) is 45.6 Å². The summed E-state index contributed by atoms with van der Waals surface area (Å²) in [6.07, 6.45) is 2.02. The molecule has 1 aromatic carbocycles. The molecule has 0 bridgehead atoms. The zero-order valence-electron chi connectivity index (χ0n) is 13.2. The molecule has 0 radical (unpaired) electrons. The molecule has 3 rings (SSSR count). The summed E-state index contributed by atoms with van der Waals surface area (Å²) in [6.45, 7) is 4.40. The molecule has 5 nitrogen and oxygen atoms in total. The summed E-state index contributed by atoms with van der Waals surface area (Å²) in [6, 6.07) is 10.9. The van der Waals surface area contributed by atoms with E-state index < -0.39 is 0 Å². The molecule has 22 heavy (non-hydrogen) atoms. The van der Waals surface area contributed by atoms with Crippen LogP contribution >= 0.6 is 0 Å². The van der Waals surface area contributed by atoms with E-state index in [1.165, 1.54) is 5.69 Å². The van der Waals surface area contributed by atoms with Crippen LogP contribution in [-0.4, -0.2) is 56.9 Å². The largest absolute Gasteiger partial charge is 0.384 e. The summed E-state index contributed by atoms with van der Waals surface area (Å²) >= 11 is 0. The standard InChI is InChI=1S/C17H25N3O2/c1-22-13-14-11-20(12-14)17(21)18-15-7-9-19(10-8-15)16-5-3-2-4-6-16/h2-6,14-15H,7-13H2,1H3,(H,18,21). The molecular formula is C17H25N3O2. The van der Waals surface area contributed by atoms with Crippen LogP contribution in [-0.2, 0) is 4.74 Å². The maximum Gasteiger partial charge on any atom is 0.317 e. The Morgan fingerprint density at radius 1 is 1.23 bits per heavy atom. The maximum atomic E-state index is 12.2. The van der Waals surface area contributed by atoms with E-state index >= 15 is 0 Å². The lowest BCUT2D eigenvalue weighted by Crippen LogP contribution is -2.57. The van der Waals surface area contributed by atoms with Gasteiger partial charge in [-0.15, -0.1) is 0 Å². The minimum absolute atomic E-state index is 0.0884. The van der Waals surface area contributed by atoms with Gasteiger partial charge in [0.25, 0.3) is 0 Å². The predicted molar refractivity (Wildman–Crippen MR) is 87.1 cm³/mol. The molecule has 1 aromatic rings. The Hall–Kier alpha value is -1.75. The van der Waals surface area contributed by atoms with Crippen LogP contribution in [0.3, 0.4) is 0 Å². The van der Waals surface area contributed by atoms with Crippen LogP contribution in [0.2, 0.25) is 0 Å². The minimum atomic E-state index is 0.0884. The summed E-state index contributed by atoms with van der Waals surface area (Å²) in [4.78, 5) is 16.4. The molecule has 0 atom stereocenters. The number of amides is 2. The number of urea groups is 1. The number of carbonyl (C=O) groups is 1. The molecule has 2 aliphatic heterocycles. The van der Waals surface area contributed by atoms with E-state index in [1.54, 1.807) is 7.11 Å². The van der Waals surface area contributed by atoms with Crippen molar-refractivity contribution in [3.8, 4) is 0 Å². The van der Waals surface area contributed by atoms with E-state index in [4.69, 9.17) is 4.74 Å². The fourth-order valence-corrected chi connectivity index (χ4v) is 3.26. The van der Waals surface area contributed by atoms with Crippen molar-refractivity contribution in [2.75, 3.05) is 44.8 Å². The number of nitrogens with zero attached hydrogens (tertiary/aromatic N) is 2. The molecular weight excluding hydrogens is 278 g/mol. The van der Waals surface area contributed by atoms with Gasteiger partial charge in [-0.2, -0.15) is 0 Å². The van der Waals surface area contributed by atoms with Crippen LogP contribution in [0.25, 0.3) is 0 Å². The Kier molecular flexibility index (Phi) is 4.83. The van der Waals surface area contributed by atoms with Gasteiger partial charge in [0.1, 0.15) is 0 Å². The van der Waals surface area contributed by atoms with Crippen LogP contribution in [0.4, 0.5) is 10.5 Å². The number of anilines is 1. The Labute approximate surface area is 132 Å². The topological polar surface area (TPSA) is 44.8 Å². The molecule has 2 saturated heterocycles. The highest BCUT2D eigenvalue weighted by atomic mass is 16.5. The highest BCUT2D eigenvalue weighted by Gasteiger charge is 2.32. The lowest BCUT2D eigenvalue weighted by atomic mass is 10.0. The average Bonchev–Trinajstić information content (AvgIpc) is 2.52. The SMILES string of the molecule is COCC1CN(C(=O)NC2CCN(c3ccccc3)CC2)C1. The Morgan fingerprint density at radius 3 is 2.55 bits per heavy atom. The summed E-state index contributed by atoms with van der Waals surface area (Å²) < 4.78 is 5.11. The van der Waals surface area contributed by atoms with Gasteiger partial charge in [-0.25, -0.2) is 4.79 Å². The number of carbonyl (C=O) groups excluding carboxylic acids is 1. The van der Waals surface area contributed by atoms with Crippen LogP contribution in [0.1, 0.15) is 12.8 Å². The third-order valence-corrected chi connectivity index (χ3v) is 4.59. The second-order valence-corrected chi connectivity index (χ2v) is 6.27. The van der Waals surface area contributed by atoms with E-state index in [2.05, 4.69) is 34.5 Å². The maximum absolute atomic E-state index is 12.2. The smallest absolute Gasteiger partial charge is 0.317 e. The second kappa shape index (κ2) is 7.01. The number of hydrogen-bond acceptors (Lipinski definition) is 3. The predicted octanol–water partition coefficient (Wildman–Crippen LogP) is 1.94. The van der Waals surface area contributed by atoms with Crippen molar-refractivity contribution in [1.29, 1.82) is 0 Å². The molecule has 0 saturated carbocycles. The molecule has 2 heterocycles. The summed E-state index contributed by atoms with van der Waals surface area (Å²) in [5.74, 6) is 0.510. The van der Waals surface area contributed by atoms with Gasteiger partial charge in [0.05, 0.1) is 6.61 Å². The number of nitrogens with one attached hydrogen (secondary N) is 1. The first kappa shape index (κ1) is 15.2. The number of hydrogen-bond donors (Lipinski definition) is 1. The van der Waals surface area contributed by atoms with Crippen molar-refractivity contribution in [3.05, 3.63) is 30.3 Å². The Bertz CT molecular complexity index is 480. The van der Waals surface area contributed by atoms with Crippen molar-refractivity contribution in [2.45, 2.75) is 18.9 Å². The molecule has 0 spiro atoms. The first-order valence-electron chi connectivity index (χ1n) is 8.10. The number of rotatable bonds is 4. The molecule has 0 unspecified atom stereocenters. The fraction of sp³-hybridized carbons (Fsp3) is 0.588. The number of piperidine rings is 1. The molecule has 1 N–H and O–H groups in total. The van der Waals surface area contributed by atoms with Gasteiger partial charge in [0.2, 0.25) is 0 Å². The van der Waals surface area contributed by atoms with E-state index in [1.807, 2.05) is 11.0 Å². The van der Waals surface area contributed by atoms with Gasteiger partial charge >= 0.3 is 6.03 Å². The number of para-hydroxylation sites is 1. The normalized spacial score (nSPS) is 19.9. The first-order chi connectivity index (χ1) is 10.8. The third kappa shape index (κ3) is 3.53. The van der Waals surface area contributed by atoms with Gasteiger partial charge < -0.3 is 19.9 Å². The average molecular weight is 303 g/mol. The first-order valence-corrected chi connectivity index (χ1v) is 8.10. The van der Waals surface area contributed by atoms with Crippen LogP contribution in [0, 0.1) is 5.92 Å². The highest BCUT2D eigenvalue weighted by Crippen LogP contribution is 2.20. The third-order valence-electron chi connectivity index (χ3n) is 4.59.